The SMILES string of the molecule is CCCCCCCCCCCCC(C)c1nc2cscc2[nH]1. The number of H-pyrrole nitrogens is 1. The highest BCUT2D eigenvalue weighted by molar-refractivity contribution is 7.09. The molecule has 0 aliphatic rings. The molecule has 2 heterocycles. The van der Waals surface area contributed by atoms with E-state index in [-0.39, 0.29) is 0 Å². The molecule has 0 spiro atoms. The Kier molecular flexibility index (Phi) is 8.00. The summed E-state index contributed by atoms with van der Waals surface area (Å²) in [5.74, 6) is 1.74. The summed E-state index contributed by atoms with van der Waals surface area (Å²) in [5, 5.41) is 4.28. The number of nitrogens with one attached hydrogen (secondary N) is 1. The van der Waals surface area contributed by atoms with Gasteiger partial charge in [-0.2, -0.15) is 0 Å². The Balaban J connectivity index is 1.49. The number of hydrogen-bond acceptors (Lipinski definition) is 2. The lowest BCUT2D eigenvalue weighted by molar-refractivity contribution is 0.529. The lowest BCUT2D eigenvalue weighted by Crippen LogP contribution is -1.96. The maximum absolute atomic E-state index is 4.69. The van der Waals surface area contributed by atoms with Gasteiger partial charge in [0.2, 0.25) is 0 Å². The van der Waals surface area contributed by atoms with E-state index >= 15 is 0 Å². The molecule has 0 aliphatic heterocycles. The van der Waals surface area contributed by atoms with Crippen LogP contribution in [0.2, 0.25) is 0 Å². The molecule has 22 heavy (non-hydrogen) atoms. The minimum atomic E-state index is 0.562. The Morgan fingerprint density at radius 2 is 1.59 bits per heavy atom. The fourth-order valence-electron chi connectivity index (χ4n) is 3.07. The summed E-state index contributed by atoms with van der Waals surface area (Å²) in [4.78, 5) is 8.15. The zero-order valence-corrected chi connectivity index (χ0v) is 15.2. The largest absolute Gasteiger partial charge is 0.341 e. The Hall–Kier alpha value is -0.830. The molecule has 0 radical (unpaired) electrons. The molecule has 1 N–H and O–H groups in total. The second-order valence-corrected chi connectivity index (χ2v) is 7.41. The predicted octanol–water partition coefficient (Wildman–Crippen LogP) is 7.04. The first-order valence-electron chi connectivity index (χ1n) is 9.23. The van der Waals surface area contributed by atoms with Crippen LogP contribution in [0.3, 0.4) is 0 Å². The van der Waals surface area contributed by atoms with Crippen molar-refractivity contribution in [3.8, 4) is 0 Å². The summed E-state index contributed by atoms with van der Waals surface area (Å²) in [7, 11) is 0. The van der Waals surface area contributed by atoms with Crippen LogP contribution in [0.4, 0.5) is 0 Å². The van der Waals surface area contributed by atoms with Gasteiger partial charge in [-0.05, 0) is 6.42 Å². The fraction of sp³-hybridized carbons (Fsp3) is 0.737. The number of rotatable bonds is 12. The molecule has 1 unspecified atom stereocenters. The zero-order valence-electron chi connectivity index (χ0n) is 14.4. The number of hydrogen-bond donors (Lipinski definition) is 1. The summed E-state index contributed by atoms with van der Waals surface area (Å²) in [6.45, 7) is 4.59. The molecule has 2 aromatic rings. The molecular formula is C19H32N2S. The second kappa shape index (κ2) is 10.0. The van der Waals surface area contributed by atoms with Gasteiger partial charge < -0.3 is 4.98 Å². The first-order chi connectivity index (χ1) is 10.8. The van der Waals surface area contributed by atoms with Gasteiger partial charge in [0.15, 0.2) is 0 Å². The molecule has 2 nitrogen and oxygen atoms in total. The van der Waals surface area contributed by atoms with Crippen LogP contribution in [0.15, 0.2) is 10.8 Å². The molecule has 124 valence electrons. The Bertz CT molecular complexity index is 486. The molecule has 0 aliphatic carbocycles. The number of unbranched alkanes of at least 4 members (excludes halogenated alkanes) is 9. The van der Waals surface area contributed by atoms with Gasteiger partial charge in [-0.15, -0.1) is 11.3 Å². The summed E-state index contributed by atoms with van der Waals surface area (Å²) in [6, 6.07) is 0. The van der Waals surface area contributed by atoms with Crippen molar-refractivity contribution >= 4 is 22.4 Å². The molecule has 1 atom stereocenters. The molecule has 0 fully saturated rings. The van der Waals surface area contributed by atoms with Crippen molar-refractivity contribution in [3.05, 3.63) is 16.6 Å². The van der Waals surface area contributed by atoms with Crippen molar-refractivity contribution in [1.82, 2.24) is 9.97 Å². The number of thiophene rings is 1. The van der Waals surface area contributed by atoms with Gasteiger partial charge in [0.05, 0.1) is 11.0 Å². The van der Waals surface area contributed by atoms with Crippen molar-refractivity contribution in [2.45, 2.75) is 90.4 Å². The van der Waals surface area contributed by atoms with Gasteiger partial charge in [0, 0.05) is 16.7 Å². The molecule has 0 saturated heterocycles. The van der Waals surface area contributed by atoms with Crippen molar-refractivity contribution in [2.24, 2.45) is 0 Å². The molecule has 2 rings (SSSR count). The minimum absolute atomic E-state index is 0.562. The molecule has 0 saturated carbocycles. The van der Waals surface area contributed by atoms with Crippen molar-refractivity contribution in [2.75, 3.05) is 0 Å². The topological polar surface area (TPSA) is 28.7 Å². The number of aromatic nitrogens is 2. The van der Waals surface area contributed by atoms with Crippen molar-refractivity contribution in [1.29, 1.82) is 0 Å². The minimum Gasteiger partial charge on any atom is -0.341 e. The Morgan fingerprint density at radius 1 is 0.955 bits per heavy atom. The number of imidazole rings is 1. The van der Waals surface area contributed by atoms with Crippen LogP contribution in [0.1, 0.15) is 96.2 Å². The van der Waals surface area contributed by atoms with Crippen molar-refractivity contribution < 1.29 is 0 Å². The summed E-state index contributed by atoms with van der Waals surface area (Å²) >= 11 is 1.72. The lowest BCUT2D eigenvalue weighted by atomic mass is 10.0. The van der Waals surface area contributed by atoms with E-state index in [0.717, 1.165) is 5.52 Å². The third kappa shape index (κ3) is 5.75. The van der Waals surface area contributed by atoms with Crippen LogP contribution in [0, 0.1) is 0 Å². The first-order valence-corrected chi connectivity index (χ1v) is 10.2. The van der Waals surface area contributed by atoms with Gasteiger partial charge in [-0.1, -0.05) is 78.1 Å². The highest BCUT2D eigenvalue weighted by atomic mass is 32.1. The number of aromatic amines is 1. The van der Waals surface area contributed by atoms with E-state index in [0.29, 0.717) is 5.92 Å². The van der Waals surface area contributed by atoms with Crippen LogP contribution >= 0.6 is 11.3 Å². The second-order valence-electron chi connectivity index (χ2n) is 6.66. The molecule has 3 heteroatoms. The smallest absolute Gasteiger partial charge is 0.110 e. The normalized spacial score (nSPS) is 13.0. The predicted molar refractivity (Wildman–Crippen MR) is 98.8 cm³/mol. The molecular weight excluding hydrogens is 288 g/mol. The van der Waals surface area contributed by atoms with Crippen LogP contribution in [0.25, 0.3) is 11.0 Å². The quantitative estimate of drug-likeness (QED) is 0.417. The standard InChI is InChI=1S/C19H32N2S/c1-3-4-5-6-7-8-9-10-11-12-13-16(2)19-20-17-14-22-15-18(17)21-19/h14-16H,3-13H2,1-2H3,(H,20,21). The van der Waals surface area contributed by atoms with E-state index in [9.17, 15) is 0 Å². The highest BCUT2D eigenvalue weighted by Crippen LogP contribution is 2.24. The Morgan fingerprint density at radius 3 is 2.23 bits per heavy atom. The van der Waals surface area contributed by atoms with E-state index in [2.05, 4.69) is 29.6 Å². The van der Waals surface area contributed by atoms with Crippen LogP contribution in [0.5, 0.6) is 0 Å². The van der Waals surface area contributed by atoms with E-state index < -0.39 is 0 Å². The van der Waals surface area contributed by atoms with Crippen LogP contribution in [-0.2, 0) is 0 Å². The van der Waals surface area contributed by atoms with E-state index in [4.69, 9.17) is 4.98 Å². The lowest BCUT2D eigenvalue weighted by Gasteiger charge is -2.08. The third-order valence-electron chi connectivity index (χ3n) is 4.60. The van der Waals surface area contributed by atoms with Gasteiger partial charge in [0.1, 0.15) is 5.82 Å². The molecule has 0 amide bonds. The van der Waals surface area contributed by atoms with Crippen molar-refractivity contribution in [3.63, 3.8) is 0 Å². The van der Waals surface area contributed by atoms with Gasteiger partial charge in [0.25, 0.3) is 0 Å². The number of nitrogens with zero attached hydrogens (tertiary/aromatic N) is 1. The maximum atomic E-state index is 4.69. The molecule has 0 bridgehead atoms. The van der Waals surface area contributed by atoms with E-state index in [1.807, 2.05) is 0 Å². The molecule has 0 aromatic carbocycles. The summed E-state index contributed by atoms with van der Waals surface area (Å²) < 4.78 is 0. The summed E-state index contributed by atoms with van der Waals surface area (Å²) in [6.07, 6.45) is 15.4. The van der Waals surface area contributed by atoms with Gasteiger partial charge in [-0.3, -0.25) is 0 Å². The van der Waals surface area contributed by atoms with Crippen LogP contribution < -0.4 is 0 Å². The summed E-state index contributed by atoms with van der Waals surface area (Å²) in [5.41, 5.74) is 2.34. The monoisotopic (exact) mass is 320 g/mol. The third-order valence-corrected chi connectivity index (χ3v) is 5.33. The van der Waals surface area contributed by atoms with E-state index in [1.54, 1.807) is 11.3 Å². The average Bonchev–Trinajstić information content (AvgIpc) is 3.10. The maximum Gasteiger partial charge on any atom is 0.110 e. The zero-order chi connectivity index (χ0) is 15.6. The van der Waals surface area contributed by atoms with Crippen LogP contribution in [-0.4, -0.2) is 9.97 Å². The highest BCUT2D eigenvalue weighted by Gasteiger charge is 2.10. The molecule has 2 aromatic heterocycles. The van der Waals surface area contributed by atoms with Gasteiger partial charge in [-0.25, -0.2) is 4.98 Å². The first kappa shape index (κ1) is 17.5. The number of fused-ring (bicyclic) bond motifs is 1. The fourth-order valence-corrected chi connectivity index (χ4v) is 3.77. The Labute approximate surface area is 139 Å². The average molecular weight is 321 g/mol. The van der Waals surface area contributed by atoms with Gasteiger partial charge >= 0.3 is 0 Å². The van der Waals surface area contributed by atoms with E-state index in [1.165, 1.54) is 82.0 Å².